The second kappa shape index (κ2) is 9.22. The minimum Gasteiger partial charge on any atom is -0.391 e. The zero-order valence-electron chi connectivity index (χ0n) is 19.6. The van der Waals surface area contributed by atoms with Gasteiger partial charge in [-0.2, -0.15) is 5.10 Å². The molecule has 0 spiro atoms. The van der Waals surface area contributed by atoms with Gasteiger partial charge in [-0.25, -0.2) is 13.8 Å². The van der Waals surface area contributed by atoms with Crippen molar-refractivity contribution in [3.63, 3.8) is 0 Å². The van der Waals surface area contributed by atoms with E-state index in [0.29, 0.717) is 40.6 Å². The lowest BCUT2D eigenvalue weighted by atomic mass is 9.91. The number of aliphatic hydroxyl groups is 1. The highest BCUT2D eigenvalue weighted by Crippen LogP contribution is 2.30. The standard InChI is InChI=1S/C26H27F2N5O2/c1-14-16(9-15-7-8-18(23(28)22(15)27)17-11-31-33(2)12-17)10-19(25-24(14)29-13-30-25)26(35)32-20-5-3-4-6-21(20)34/h7-8,10-13,20-21,34H,3-6,9H2,1-2H3,(H,29,30)(H,32,35)/t20-,21-/m1/s1. The third-order valence-electron chi connectivity index (χ3n) is 6.91. The van der Waals surface area contributed by atoms with Gasteiger partial charge in [-0.1, -0.05) is 25.0 Å². The van der Waals surface area contributed by atoms with Crippen LogP contribution in [0.15, 0.2) is 36.9 Å². The van der Waals surface area contributed by atoms with Crippen molar-refractivity contribution in [1.29, 1.82) is 0 Å². The van der Waals surface area contributed by atoms with Gasteiger partial charge in [0, 0.05) is 30.8 Å². The number of imidazole rings is 1. The Kier molecular flexibility index (Phi) is 6.10. The number of hydrogen-bond donors (Lipinski definition) is 3. The minimum absolute atomic E-state index is 0.0943. The summed E-state index contributed by atoms with van der Waals surface area (Å²) in [5.74, 6) is -2.19. The summed E-state index contributed by atoms with van der Waals surface area (Å²) < 4.78 is 31.6. The molecular weight excluding hydrogens is 452 g/mol. The van der Waals surface area contributed by atoms with E-state index in [2.05, 4.69) is 20.4 Å². The quantitative estimate of drug-likeness (QED) is 0.400. The first-order valence-electron chi connectivity index (χ1n) is 11.7. The van der Waals surface area contributed by atoms with Crippen molar-refractivity contribution in [2.45, 2.75) is 51.2 Å². The maximum absolute atomic E-state index is 15.1. The molecule has 1 aliphatic carbocycles. The van der Waals surface area contributed by atoms with Crippen LogP contribution in [0.5, 0.6) is 0 Å². The summed E-state index contributed by atoms with van der Waals surface area (Å²) in [5, 5.41) is 17.2. The number of nitrogens with one attached hydrogen (secondary N) is 2. The zero-order chi connectivity index (χ0) is 24.7. The molecule has 182 valence electrons. The van der Waals surface area contributed by atoms with Crippen molar-refractivity contribution in [2.24, 2.45) is 7.05 Å². The maximum Gasteiger partial charge on any atom is 0.253 e. The van der Waals surface area contributed by atoms with Crippen molar-refractivity contribution in [1.82, 2.24) is 25.1 Å². The van der Waals surface area contributed by atoms with Crippen LogP contribution < -0.4 is 5.32 Å². The molecule has 0 radical (unpaired) electrons. The molecule has 2 aromatic carbocycles. The predicted molar refractivity (Wildman–Crippen MR) is 128 cm³/mol. The molecule has 0 unspecified atom stereocenters. The van der Waals surface area contributed by atoms with Crippen LogP contribution in [0.3, 0.4) is 0 Å². The molecule has 35 heavy (non-hydrogen) atoms. The minimum atomic E-state index is -0.932. The summed E-state index contributed by atoms with van der Waals surface area (Å²) in [6, 6.07) is 4.50. The zero-order valence-corrected chi connectivity index (χ0v) is 19.6. The summed E-state index contributed by atoms with van der Waals surface area (Å²) in [4.78, 5) is 20.6. The molecule has 3 N–H and O–H groups in total. The van der Waals surface area contributed by atoms with E-state index in [9.17, 15) is 14.3 Å². The lowest BCUT2D eigenvalue weighted by Crippen LogP contribution is -2.45. The molecule has 0 saturated heterocycles. The average Bonchev–Trinajstić information content (AvgIpc) is 3.50. The lowest BCUT2D eigenvalue weighted by molar-refractivity contribution is 0.0718. The van der Waals surface area contributed by atoms with Crippen LogP contribution in [0.25, 0.3) is 22.2 Å². The fourth-order valence-electron chi connectivity index (χ4n) is 4.89. The van der Waals surface area contributed by atoms with Crippen LogP contribution >= 0.6 is 0 Å². The van der Waals surface area contributed by atoms with Gasteiger partial charge < -0.3 is 15.4 Å². The van der Waals surface area contributed by atoms with E-state index in [0.717, 1.165) is 18.4 Å². The fraction of sp³-hybridized carbons (Fsp3) is 0.346. The Bertz CT molecular complexity index is 1410. The van der Waals surface area contributed by atoms with Crippen molar-refractivity contribution < 1.29 is 18.7 Å². The van der Waals surface area contributed by atoms with Gasteiger partial charge in [-0.15, -0.1) is 0 Å². The topological polar surface area (TPSA) is 95.8 Å². The van der Waals surface area contributed by atoms with Gasteiger partial charge in [0.2, 0.25) is 0 Å². The summed E-state index contributed by atoms with van der Waals surface area (Å²) in [6.07, 6.45) is 7.39. The molecule has 2 aromatic heterocycles. The number of H-pyrrole nitrogens is 1. The van der Waals surface area contributed by atoms with Crippen molar-refractivity contribution >= 4 is 16.9 Å². The number of aryl methyl sites for hydroxylation is 2. The lowest BCUT2D eigenvalue weighted by Gasteiger charge is -2.28. The van der Waals surface area contributed by atoms with Crippen molar-refractivity contribution in [2.75, 3.05) is 0 Å². The molecule has 1 amide bonds. The number of carbonyl (C=O) groups excluding carboxylic acids is 1. The SMILES string of the molecule is Cc1c(Cc2ccc(-c3cnn(C)c3)c(F)c2F)cc(C(=O)N[C@@H]2CCCC[C@H]2O)c2[nH]cnc12. The number of benzene rings is 2. The number of halogens is 2. The number of rotatable bonds is 5. The summed E-state index contributed by atoms with van der Waals surface area (Å²) in [7, 11) is 1.71. The van der Waals surface area contributed by atoms with E-state index in [1.54, 1.807) is 31.4 Å². The number of hydrogen-bond acceptors (Lipinski definition) is 4. The number of fused-ring (bicyclic) bond motifs is 1. The number of amides is 1. The van der Waals surface area contributed by atoms with E-state index < -0.39 is 17.7 Å². The van der Waals surface area contributed by atoms with E-state index in [1.807, 2.05) is 6.92 Å². The number of carbonyl (C=O) groups is 1. The first kappa shape index (κ1) is 23.2. The van der Waals surface area contributed by atoms with E-state index in [-0.39, 0.29) is 29.5 Å². The van der Waals surface area contributed by atoms with Gasteiger partial charge in [0.25, 0.3) is 5.91 Å². The van der Waals surface area contributed by atoms with Crippen molar-refractivity contribution in [3.05, 3.63) is 70.8 Å². The fourth-order valence-corrected chi connectivity index (χ4v) is 4.89. The van der Waals surface area contributed by atoms with Crippen LogP contribution in [-0.4, -0.2) is 42.9 Å². The first-order valence-corrected chi connectivity index (χ1v) is 11.7. The van der Waals surface area contributed by atoms with Crippen LogP contribution in [0.4, 0.5) is 8.78 Å². The Labute approximate surface area is 201 Å². The number of aromatic nitrogens is 4. The molecular formula is C26H27F2N5O2. The number of aliphatic hydroxyl groups excluding tert-OH is 1. The van der Waals surface area contributed by atoms with Gasteiger partial charge in [0.05, 0.1) is 41.3 Å². The first-order chi connectivity index (χ1) is 16.8. The smallest absolute Gasteiger partial charge is 0.253 e. The number of aromatic amines is 1. The van der Waals surface area contributed by atoms with Gasteiger partial charge in [-0.05, 0) is 42.5 Å². The molecule has 5 rings (SSSR count). The third kappa shape index (κ3) is 4.32. The van der Waals surface area contributed by atoms with E-state index >= 15 is 4.39 Å². The molecule has 9 heteroatoms. The Hall–Kier alpha value is -3.59. The summed E-state index contributed by atoms with van der Waals surface area (Å²) in [5.41, 5.74) is 3.82. The maximum atomic E-state index is 15.1. The molecule has 2 atom stereocenters. The Morgan fingerprint density at radius 2 is 2.03 bits per heavy atom. The summed E-state index contributed by atoms with van der Waals surface area (Å²) in [6.45, 7) is 1.85. The normalized spacial score (nSPS) is 18.2. The second-order valence-corrected chi connectivity index (χ2v) is 9.25. The summed E-state index contributed by atoms with van der Waals surface area (Å²) >= 11 is 0. The Balaban J connectivity index is 1.49. The van der Waals surface area contributed by atoms with Gasteiger partial charge >= 0.3 is 0 Å². The average molecular weight is 480 g/mol. The van der Waals surface area contributed by atoms with Crippen molar-refractivity contribution in [3.8, 4) is 11.1 Å². The van der Waals surface area contributed by atoms with Crippen LogP contribution in [0.1, 0.15) is 52.7 Å². The molecule has 0 bridgehead atoms. The van der Waals surface area contributed by atoms with Crippen LogP contribution in [0.2, 0.25) is 0 Å². The van der Waals surface area contributed by atoms with Crippen LogP contribution in [0, 0.1) is 18.6 Å². The monoisotopic (exact) mass is 479 g/mol. The molecule has 0 aliphatic heterocycles. The largest absolute Gasteiger partial charge is 0.391 e. The van der Waals surface area contributed by atoms with Crippen LogP contribution in [-0.2, 0) is 13.5 Å². The highest BCUT2D eigenvalue weighted by molar-refractivity contribution is 6.06. The highest BCUT2D eigenvalue weighted by Gasteiger charge is 2.27. The molecule has 1 fully saturated rings. The molecule has 2 heterocycles. The van der Waals surface area contributed by atoms with Gasteiger partial charge in [0.1, 0.15) is 0 Å². The van der Waals surface area contributed by atoms with E-state index in [1.165, 1.54) is 17.2 Å². The molecule has 1 aliphatic rings. The second-order valence-electron chi connectivity index (χ2n) is 9.25. The van der Waals surface area contributed by atoms with E-state index in [4.69, 9.17) is 0 Å². The Morgan fingerprint density at radius 3 is 2.77 bits per heavy atom. The molecule has 4 aromatic rings. The third-order valence-corrected chi connectivity index (χ3v) is 6.91. The van der Waals surface area contributed by atoms with Gasteiger partial charge in [0.15, 0.2) is 11.6 Å². The predicted octanol–water partition coefficient (Wildman–Crippen LogP) is 4.17. The highest BCUT2D eigenvalue weighted by atomic mass is 19.2. The molecule has 7 nitrogen and oxygen atoms in total. The number of nitrogens with zero attached hydrogens (tertiary/aromatic N) is 3. The Morgan fingerprint density at radius 1 is 1.23 bits per heavy atom. The molecule has 1 saturated carbocycles. The van der Waals surface area contributed by atoms with Gasteiger partial charge in [-0.3, -0.25) is 9.48 Å².